The van der Waals surface area contributed by atoms with Crippen LogP contribution in [0.3, 0.4) is 0 Å². The molecule has 5 heteroatoms. The van der Waals surface area contributed by atoms with Gasteiger partial charge in [-0.3, -0.25) is 0 Å². The van der Waals surface area contributed by atoms with Crippen molar-refractivity contribution in [3.63, 3.8) is 0 Å². The summed E-state index contributed by atoms with van der Waals surface area (Å²) < 4.78 is 0. The zero-order valence-corrected chi connectivity index (χ0v) is 10.9. The van der Waals surface area contributed by atoms with Crippen molar-refractivity contribution in [2.45, 2.75) is 10.6 Å². The lowest BCUT2D eigenvalue weighted by atomic mass is 10.2. The zero-order chi connectivity index (χ0) is 13.0. The number of pyridine rings is 1. The summed E-state index contributed by atoms with van der Waals surface area (Å²) in [6.45, 7) is 0. The number of rotatable bonds is 4. The molecule has 1 aromatic carbocycles. The predicted octanol–water partition coefficient (Wildman–Crippen LogP) is 3.73. The number of aromatic nitrogens is 1. The second-order valence-corrected chi connectivity index (χ2v) is 5.01. The molecule has 0 spiro atoms. The number of carboxylic acid groups (broad SMARTS) is 1. The molecule has 0 atom stereocenters. The topological polar surface area (TPSA) is 50.2 Å². The zero-order valence-electron chi connectivity index (χ0n) is 9.34. The van der Waals surface area contributed by atoms with Gasteiger partial charge < -0.3 is 5.11 Å². The van der Waals surface area contributed by atoms with E-state index >= 15 is 0 Å². The highest BCUT2D eigenvalue weighted by atomic mass is 35.5. The molecule has 0 aliphatic rings. The molecular weight excluding hydrogens is 270 g/mol. The van der Waals surface area contributed by atoms with Crippen LogP contribution in [-0.2, 0) is 5.75 Å². The third kappa shape index (κ3) is 3.48. The SMILES string of the molecule is O=C(O)c1cccc(SCc2cccc(Cl)n2)c1. The Kier molecular flexibility index (Phi) is 4.23. The first-order valence-corrected chi connectivity index (χ1v) is 6.59. The highest BCUT2D eigenvalue weighted by molar-refractivity contribution is 7.98. The minimum Gasteiger partial charge on any atom is -0.478 e. The van der Waals surface area contributed by atoms with E-state index in [1.165, 1.54) is 11.8 Å². The lowest BCUT2D eigenvalue weighted by Gasteiger charge is -2.03. The Hall–Kier alpha value is -1.52. The molecule has 1 heterocycles. The van der Waals surface area contributed by atoms with Gasteiger partial charge in [0, 0.05) is 10.6 Å². The molecule has 2 aromatic rings. The number of thioether (sulfide) groups is 1. The summed E-state index contributed by atoms with van der Waals surface area (Å²) in [4.78, 5) is 15.9. The maximum Gasteiger partial charge on any atom is 0.335 e. The van der Waals surface area contributed by atoms with Crippen molar-refractivity contribution in [1.29, 1.82) is 0 Å². The molecule has 18 heavy (non-hydrogen) atoms. The summed E-state index contributed by atoms with van der Waals surface area (Å²) in [7, 11) is 0. The predicted molar refractivity (Wildman–Crippen MR) is 72.2 cm³/mol. The Morgan fingerprint density at radius 2 is 2.06 bits per heavy atom. The molecule has 0 unspecified atom stereocenters. The number of nitrogens with zero attached hydrogens (tertiary/aromatic N) is 1. The first-order chi connectivity index (χ1) is 8.65. The number of hydrogen-bond acceptors (Lipinski definition) is 3. The van der Waals surface area contributed by atoms with Crippen LogP contribution in [-0.4, -0.2) is 16.1 Å². The molecule has 1 N–H and O–H groups in total. The first-order valence-electron chi connectivity index (χ1n) is 5.23. The summed E-state index contributed by atoms with van der Waals surface area (Å²) in [6, 6.07) is 12.3. The fraction of sp³-hybridized carbons (Fsp3) is 0.0769. The molecule has 0 aliphatic heterocycles. The number of hydrogen-bond donors (Lipinski definition) is 1. The molecule has 0 amide bonds. The number of halogens is 1. The van der Waals surface area contributed by atoms with Gasteiger partial charge in [-0.05, 0) is 30.3 Å². The number of carboxylic acids is 1. The molecule has 2 rings (SSSR count). The minimum absolute atomic E-state index is 0.291. The Morgan fingerprint density at radius 3 is 2.78 bits per heavy atom. The van der Waals surface area contributed by atoms with Crippen molar-refractivity contribution in [2.75, 3.05) is 0 Å². The molecule has 0 fully saturated rings. The number of aromatic carboxylic acids is 1. The summed E-state index contributed by atoms with van der Waals surface area (Å²) in [5, 5.41) is 9.36. The van der Waals surface area contributed by atoms with Gasteiger partial charge in [0.15, 0.2) is 0 Å². The van der Waals surface area contributed by atoms with E-state index < -0.39 is 5.97 Å². The van der Waals surface area contributed by atoms with Gasteiger partial charge in [0.05, 0.1) is 11.3 Å². The third-order valence-corrected chi connectivity index (χ3v) is 3.48. The van der Waals surface area contributed by atoms with E-state index in [2.05, 4.69) is 4.98 Å². The standard InChI is InChI=1S/C13H10ClNO2S/c14-12-6-2-4-10(15-12)8-18-11-5-1-3-9(7-11)13(16)17/h1-7H,8H2,(H,16,17). The quantitative estimate of drug-likeness (QED) is 0.684. The summed E-state index contributed by atoms with van der Waals surface area (Å²) >= 11 is 7.32. The maximum absolute atomic E-state index is 10.8. The van der Waals surface area contributed by atoms with Gasteiger partial charge in [-0.2, -0.15) is 0 Å². The Balaban J connectivity index is 2.06. The molecule has 0 bridgehead atoms. The molecule has 1 aromatic heterocycles. The number of carbonyl (C=O) groups is 1. The second kappa shape index (κ2) is 5.89. The van der Waals surface area contributed by atoms with Crippen LogP contribution in [0.4, 0.5) is 0 Å². The fourth-order valence-electron chi connectivity index (χ4n) is 1.41. The summed E-state index contributed by atoms with van der Waals surface area (Å²) in [5.41, 5.74) is 1.16. The van der Waals surface area contributed by atoms with Crippen LogP contribution < -0.4 is 0 Å². The molecule has 3 nitrogen and oxygen atoms in total. The fourth-order valence-corrected chi connectivity index (χ4v) is 2.45. The van der Waals surface area contributed by atoms with Crippen molar-refractivity contribution >= 4 is 29.3 Å². The van der Waals surface area contributed by atoms with E-state index in [1.807, 2.05) is 18.2 Å². The van der Waals surface area contributed by atoms with Gasteiger partial charge >= 0.3 is 5.97 Å². The van der Waals surface area contributed by atoms with Crippen LogP contribution in [0.1, 0.15) is 16.1 Å². The average Bonchev–Trinajstić information content (AvgIpc) is 2.37. The van der Waals surface area contributed by atoms with Crippen molar-refractivity contribution in [2.24, 2.45) is 0 Å². The molecular formula is C13H10ClNO2S. The van der Waals surface area contributed by atoms with Crippen LogP contribution in [0.15, 0.2) is 47.4 Å². The van der Waals surface area contributed by atoms with Crippen LogP contribution in [0.25, 0.3) is 0 Å². The van der Waals surface area contributed by atoms with E-state index in [-0.39, 0.29) is 0 Å². The second-order valence-electron chi connectivity index (χ2n) is 3.57. The largest absolute Gasteiger partial charge is 0.478 e. The highest BCUT2D eigenvalue weighted by Gasteiger charge is 2.04. The average molecular weight is 280 g/mol. The van der Waals surface area contributed by atoms with Gasteiger partial charge in [-0.15, -0.1) is 11.8 Å². The first kappa shape index (κ1) is 12.9. The summed E-state index contributed by atoms with van der Waals surface area (Å²) in [6.07, 6.45) is 0. The third-order valence-electron chi connectivity index (χ3n) is 2.24. The molecule has 0 aliphatic carbocycles. The van der Waals surface area contributed by atoms with Gasteiger partial charge in [0.25, 0.3) is 0 Å². The van der Waals surface area contributed by atoms with Gasteiger partial charge in [0.2, 0.25) is 0 Å². The molecule has 0 radical (unpaired) electrons. The Bertz CT molecular complexity index is 574. The normalized spacial score (nSPS) is 10.3. The van der Waals surface area contributed by atoms with E-state index in [1.54, 1.807) is 24.3 Å². The van der Waals surface area contributed by atoms with Crippen molar-refractivity contribution in [1.82, 2.24) is 4.98 Å². The molecule has 92 valence electrons. The van der Waals surface area contributed by atoms with Crippen molar-refractivity contribution < 1.29 is 9.90 Å². The molecule has 0 saturated carbocycles. The Labute approximate surface area is 114 Å². The van der Waals surface area contributed by atoms with E-state index in [9.17, 15) is 4.79 Å². The maximum atomic E-state index is 10.8. The lowest BCUT2D eigenvalue weighted by molar-refractivity contribution is 0.0696. The lowest BCUT2D eigenvalue weighted by Crippen LogP contribution is -1.95. The highest BCUT2D eigenvalue weighted by Crippen LogP contribution is 2.23. The van der Waals surface area contributed by atoms with E-state index in [0.717, 1.165) is 10.6 Å². The summed E-state index contributed by atoms with van der Waals surface area (Å²) in [5.74, 6) is -0.262. The monoisotopic (exact) mass is 279 g/mol. The molecule has 0 saturated heterocycles. The Morgan fingerprint density at radius 1 is 1.28 bits per heavy atom. The van der Waals surface area contributed by atoms with Gasteiger partial charge in [0.1, 0.15) is 5.15 Å². The number of benzene rings is 1. The smallest absolute Gasteiger partial charge is 0.335 e. The van der Waals surface area contributed by atoms with Crippen LogP contribution >= 0.6 is 23.4 Å². The van der Waals surface area contributed by atoms with Crippen molar-refractivity contribution in [3.05, 3.63) is 58.9 Å². The van der Waals surface area contributed by atoms with Crippen molar-refractivity contribution in [3.8, 4) is 0 Å². The van der Waals surface area contributed by atoms with E-state index in [4.69, 9.17) is 16.7 Å². The van der Waals surface area contributed by atoms with Crippen LogP contribution in [0.2, 0.25) is 5.15 Å². The van der Waals surface area contributed by atoms with Crippen LogP contribution in [0.5, 0.6) is 0 Å². The van der Waals surface area contributed by atoms with Gasteiger partial charge in [-0.25, -0.2) is 9.78 Å². The van der Waals surface area contributed by atoms with Crippen LogP contribution in [0, 0.1) is 0 Å². The van der Waals surface area contributed by atoms with Gasteiger partial charge in [-0.1, -0.05) is 23.7 Å². The minimum atomic E-state index is -0.918. The van der Waals surface area contributed by atoms with E-state index in [0.29, 0.717) is 16.5 Å².